The van der Waals surface area contributed by atoms with E-state index in [1.54, 1.807) is 18.9 Å². The van der Waals surface area contributed by atoms with Crippen LogP contribution in [-0.2, 0) is 9.59 Å². The van der Waals surface area contributed by atoms with Crippen LogP contribution in [0.4, 0.5) is 5.69 Å². The summed E-state index contributed by atoms with van der Waals surface area (Å²) in [5.74, 6) is -0.330. The molecule has 1 aromatic carbocycles. The lowest BCUT2D eigenvalue weighted by atomic mass is 9.88. The smallest absolute Gasteiger partial charge is 0.242 e. The van der Waals surface area contributed by atoms with Gasteiger partial charge in [-0.25, -0.2) is 0 Å². The van der Waals surface area contributed by atoms with Gasteiger partial charge in [-0.1, -0.05) is 18.2 Å². The molecule has 0 bridgehead atoms. The predicted octanol–water partition coefficient (Wildman–Crippen LogP) is 1.18. The quantitative estimate of drug-likeness (QED) is 0.778. The van der Waals surface area contributed by atoms with Gasteiger partial charge in [-0.3, -0.25) is 9.59 Å². The molecule has 90 valence electrons. The highest BCUT2D eigenvalue weighted by Crippen LogP contribution is 2.34. The number of nitrogens with one attached hydrogen (secondary N) is 1. The maximum atomic E-state index is 12.3. The van der Waals surface area contributed by atoms with Crippen LogP contribution in [0.3, 0.4) is 0 Å². The number of para-hydroxylation sites is 1. The number of hydrogen-bond donors (Lipinski definition) is 1. The first kappa shape index (κ1) is 11.6. The Labute approximate surface area is 101 Å². The Morgan fingerprint density at radius 1 is 1.35 bits per heavy atom. The first-order valence-electron chi connectivity index (χ1n) is 5.69. The summed E-state index contributed by atoms with van der Waals surface area (Å²) >= 11 is 0. The van der Waals surface area contributed by atoms with E-state index in [1.807, 2.05) is 30.3 Å². The molecular formula is C13H16N2O2. The lowest BCUT2D eigenvalue weighted by Gasteiger charge is -2.21. The minimum absolute atomic E-state index is 0.122. The highest BCUT2D eigenvalue weighted by molar-refractivity contribution is 6.13. The molecule has 0 spiro atoms. The number of amides is 2. The summed E-state index contributed by atoms with van der Waals surface area (Å²) in [5, 5.41) is 2.56. The van der Waals surface area contributed by atoms with Crippen molar-refractivity contribution in [2.45, 2.75) is 13.3 Å². The van der Waals surface area contributed by atoms with E-state index in [-0.39, 0.29) is 11.8 Å². The van der Waals surface area contributed by atoms with E-state index in [4.69, 9.17) is 0 Å². The third-order valence-corrected chi connectivity index (χ3v) is 3.35. The van der Waals surface area contributed by atoms with Crippen molar-refractivity contribution in [1.82, 2.24) is 5.32 Å². The van der Waals surface area contributed by atoms with E-state index in [9.17, 15) is 9.59 Å². The topological polar surface area (TPSA) is 49.4 Å². The monoisotopic (exact) mass is 232 g/mol. The lowest BCUT2D eigenvalue weighted by Crippen LogP contribution is -2.43. The van der Waals surface area contributed by atoms with Crippen molar-refractivity contribution < 1.29 is 9.59 Å². The Bertz CT molecular complexity index is 444. The molecule has 2 rings (SSSR count). The number of hydrogen-bond acceptors (Lipinski definition) is 2. The Hall–Kier alpha value is -1.84. The molecule has 1 aliphatic heterocycles. The predicted molar refractivity (Wildman–Crippen MR) is 65.6 cm³/mol. The largest absolute Gasteiger partial charge is 0.358 e. The van der Waals surface area contributed by atoms with Gasteiger partial charge in [-0.2, -0.15) is 0 Å². The summed E-state index contributed by atoms with van der Waals surface area (Å²) in [6, 6.07) is 9.44. The molecule has 1 aromatic rings. The number of nitrogens with zero attached hydrogens (tertiary/aromatic N) is 1. The molecule has 2 amide bonds. The summed E-state index contributed by atoms with van der Waals surface area (Å²) in [4.78, 5) is 25.7. The van der Waals surface area contributed by atoms with Crippen LogP contribution >= 0.6 is 0 Å². The van der Waals surface area contributed by atoms with Crippen LogP contribution in [0.5, 0.6) is 0 Å². The van der Waals surface area contributed by atoms with Crippen LogP contribution in [0.25, 0.3) is 0 Å². The number of rotatable bonds is 2. The van der Waals surface area contributed by atoms with Crippen molar-refractivity contribution in [2.75, 3.05) is 18.5 Å². The average molecular weight is 232 g/mol. The number of anilines is 1. The van der Waals surface area contributed by atoms with Gasteiger partial charge in [-0.15, -0.1) is 0 Å². The molecule has 0 radical (unpaired) electrons. The van der Waals surface area contributed by atoms with Gasteiger partial charge < -0.3 is 10.2 Å². The second-order valence-corrected chi connectivity index (χ2v) is 4.45. The second-order valence-electron chi connectivity index (χ2n) is 4.45. The van der Waals surface area contributed by atoms with Crippen LogP contribution < -0.4 is 10.2 Å². The van der Waals surface area contributed by atoms with Crippen molar-refractivity contribution in [3.8, 4) is 0 Å². The first-order valence-corrected chi connectivity index (χ1v) is 5.69. The third-order valence-electron chi connectivity index (χ3n) is 3.35. The van der Waals surface area contributed by atoms with Gasteiger partial charge in [0, 0.05) is 19.3 Å². The minimum Gasteiger partial charge on any atom is -0.358 e. The van der Waals surface area contributed by atoms with Crippen molar-refractivity contribution in [2.24, 2.45) is 5.41 Å². The third kappa shape index (κ3) is 1.79. The van der Waals surface area contributed by atoms with Gasteiger partial charge in [0.25, 0.3) is 0 Å². The molecule has 4 heteroatoms. The zero-order valence-corrected chi connectivity index (χ0v) is 10.1. The zero-order chi connectivity index (χ0) is 12.5. The fourth-order valence-electron chi connectivity index (χ4n) is 2.18. The highest BCUT2D eigenvalue weighted by Gasteiger charge is 2.48. The average Bonchev–Trinajstić information content (AvgIpc) is 2.67. The molecule has 17 heavy (non-hydrogen) atoms. The normalized spacial score (nSPS) is 23.9. The maximum absolute atomic E-state index is 12.3. The van der Waals surface area contributed by atoms with E-state index in [1.165, 1.54) is 0 Å². The van der Waals surface area contributed by atoms with Crippen molar-refractivity contribution >= 4 is 17.5 Å². The molecule has 1 saturated heterocycles. The van der Waals surface area contributed by atoms with Crippen LogP contribution in [0.1, 0.15) is 13.3 Å². The minimum atomic E-state index is -0.926. The molecule has 4 nitrogen and oxygen atoms in total. The van der Waals surface area contributed by atoms with Crippen molar-refractivity contribution in [1.29, 1.82) is 0 Å². The molecule has 0 saturated carbocycles. The van der Waals surface area contributed by atoms with E-state index in [2.05, 4.69) is 5.32 Å². The van der Waals surface area contributed by atoms with Gasteiger partial charge in [0.15, 0.2) is 0 Å². The maximum Gasteiger partial charge on any atom is 0.242 e. The Morgan fingerprint density at radius 2 is 2.00 bits per heavy atom. The molecule has 0 aliphatic carbocycles. The number of carbonyl (C=O) groups is 2. The van der Waals surface area contributed by atoms with Crippen LogP contribution in [-0.4, -0.2) is 25.4 Å². The zero-order valence-electron chi connectivity index (χ0n) is 10.1. The van der Waals surface area contributed by atoms with Gasteiger partial charge in [0.2, 0.25) is 11.8 Å². The van der Waals surface area contributed by atoms with Crippen LogP contribution in [0.15, 0.2) is 30.3 Å². The van der Waals surface area contributed by atoms with E-state index >= 15 is 0 Å². The Kier molecular flexibility index (Phi) is 2.88. The Morgan fingerprint density at radius 3 is 2.59 bits per heavy atom. The molecule has 1 atom stereocenters. The molecule has 1 aliphatic rings. The number of benzene rings is 1. The standard InChI is InChI=1S/C13H16N2O2/c1-13(11(16)14-2)8-9-15(12(13)17)10-6-4-3-5-7-10/h3-7H,8-9H2,1-2H3,(H,14,16). The molecule has 1 unspecified atom stereocenters. The van der Waals surface area contributed by atoms with Gasteiger partial charge >= 0.3 is 0 Å². The summed E-state index contributed by atoms with van der Waals surface area (Å²) in [6.07, 6.45) is 0.556. The summed E-state index contributed by atoms with van der Waals surface area (Å²) in [5.41, 5.74) is -0.0740. The molecule has 1 heterocycles. The van der Waals surface area contributed by atoms with E-state index in [0.29, 0.717) is 13.0 Å². The molecule has 0 aromatic heterocycles. The second kappa shape index (κ2) is 4.20. The van der Waals surface area contributed by atoms with Gasteiger partial charge in [0.05, 0.1) is 0 Å². The van der Waals surface area contributed by atoms with E-state index < -0.39 is 5.41 Å². The van der Waals surface area contributed by atoms with Crippen molar-refractivity contribution in [3.63, 3.8) is 0 Å². The fourth-order valence-corrected chi connectivity index (χ4v) is 2.18. The lowest BCUT2D eigenvalue weighted by molar-refractivity contribution is -0.138. The fraction of sp³-hybridized carbons (Fsp3) is 0.385. The molecule has 1 fully saturated rings. The van der Waals surface area contributed by atoms with E-state index in [0.717, 1.165) is 5.69 Å². The molecular weight excluding hydrogens is 216 g/mol. The highest BCUT2D eigenvalue weighted by atomic mass is 16.2. The SMILES string of the molecule is CNC(=O)C1(C)CCN(c2ccccc2)C1=O. The van der Waals surface area contributed by atoms with Crippen LogP contribution in [0.2, 0.25) is 0 Å². The molecule has 1 N–H and O–H groups in total. The first-order chi connectivity index (χ1) is 8.09. The Balaban J connectivity index is 2.27. The van der Waals surface area contributed by atoms with Gasteiger partial charge in [0.1, 0.15) is 5.41 Å². The summed E-state index contributed by atoms with van der Waals surface area (Å²) < 4.78 is 0. The number of carbonyl (C=O) groups excluding carboxylic acids is 2. The summed E-state index contributed by atoms with van der Waals surface area (Å²) in [6.45, 7) is 2.30. The van der Waals surface area contributed by atoms with Gasteiger partial charge in [-0.05, 0) is 25.5 Å². The van der Waals surface area contributed by atoms with Crippen molar-refractivity contribution in [3.05, 3.63) is 30.3 Å². The summed E-state index contributed by atoms with van der Waals surface area (Å²) in [7, 11) is 1.56. The van der Waals surface area contributed by atoms with Crippen LogP contribution in [0, 0.1) is 5.41 Å².